The highest BCUT2D eigenvalue weighted by atomic mass is 32.2. The van der Waals surface area contributed by atoms with Crippen molar-refractivity contribution in [2.24, 2.45) is 10.9 Å². The second-order valence-electron chi connectivity index (χ2n) is 10.8. The van der Waals surface area contributed by atoms with E-state index in [1.54, 1.807) is 11.6 Å². The predicted octanol–water partition coefficient (Wildman–Crippen LogP) is 4.27. The number of amides is 2. The molecule has 0 radical (unpaired) electrons. The number of hydrogen-bond acceptors (Lipinski definition) is 11. The molecule has 14 heteroatoms. The molecule has 10 nitrogen and oxygen atoms in total. The van der Waals surface area contributed by atoms with E-state index in [1.807, 2.05) is 29.6 Å². The minimum absolute atomic E-state index is 0.0584. The number of rotatable bonds is 8. The summed E-state index contributed by atoms with van der Waals surface area (Å²) >= 11 is 8.20. The lowest BCUT2D eigenvalue weighted by atomic mass is 10.0. The molecule has 1 unspecified atom stereocenters. The molecular weight excluding hydrogens is 637 g/mol. The number of aromatic nitrogens is 1. The largest absolute Gasteiger partial charge is 0.392 e. The molecule has 1 aromatic heterocycles. The fraction of sp³-hybridized carbons (Fsp3) is 0.300. The van der Waals surface area contributed by atoms with Crippen LogP contribution >= 0.6 is 47.5 Å². The van der Waals surface area contributed by atoms with Crippen molar-refractivity contribution in [2.45, 2.75) is 48.2 Å². The van der Waals surface area contributed by atoms with E-state index in [0.717, 1.165) is 47.7 Å². The predicted molar refractivity (Wildman–Crippen MR) is 179 cm³/mol. The lowest BCUT2D eigenvalue weighted by Crippen LogP contribution is -2.72. The van der Waals surface area contributed by atoms with Crippen LogP contribution in [0.2, 0.25) is 0 Å². The van der Waals surface area contributed by atoms with Gasteiger partial charge in [0.05, 0.1) is 5.69 Å². The van der Waals surface area contributed by atoms with Gasteiger partial charge in [-0.25, -0.2) is 4.98 Å². The van der Waals surface area contributed by atoms with E-state index in [1.165, 1.54) is 39.8 Å². The molecule has 2 fully saturated rings. The van der Waals surface area contributed by atoms with E-state index >= 15 is 0 Å². The number of benzene rings is 2. The fourth-order valence-corrected chi connectivity index (χ4v) is 9.11. The number of carbonyl (C=O) groups excluding carboxylic acids is 3. The molecule has 4 heterocycles. The number of thiol groups is 1. The van der Waals surface area contributed by atoms with Crippen molar-refractivity contribution in [1.29, 1.82) is 0 Å². The number of fused-ring (bicyclic) bond motifs is 2. The van der Waals surface area contributed by atoms with Crippen molar-refractivity contribution in [3.63, 3.8) is 0 Å². The van der Waals surface area contributed by atoms with E-state index in [0.29, 0.717) is 16.3 Å². The lowest BCUT2D eigenvalue weighted by molar-refractivity contribution is -0.145. The fourth-order valence-electron chi connectivity index (χ4n) is 5.83. The molecule has 4 aliphatic rings. The molecular formula is C30H28N6O4S4. The first-order chi connectivity index (χ1) is 21.3. The third kappa shape index (κ3) is 5.21. The number of β-lactam (4-membered cyclic amide) rings is 1. The first-order valence-corrected chi connectivity index (χ1v) is 17.4. The van der Waals surface area contributed by atoms with Crippen LogP contribution in [0.4, 0.5) is 0 Å². The highest BCUT2D eigenvalue weighted by Gasteiger charge is 2.55. The zero-order valence-corrected chi connectivity index (χ0v) is 26.6. The van der Waals surface area contributed by atoms with Gasteiger partial charge in [-0.15, -0.1) is 23.1 Å². The van der Waals surface area contributed by atoms with Crippen LogP contribution in [0.5, 0.6) is 0 Å². The van der Waals surface area contributed by atoms with Gasteiger partial charge in [0.1, 0.15) is 28.2 Å². The zero-order valence-electron chi connectivity index (χ0n) is 23.3. The number of thioether (sulfide) groups is 2. The summed E-state index contributed by atoms with van der Waals surface area (Å²) in [5, 5.41) is 15.5. The quantitative estimate of drug-likeness (QED) is 0.120. The molecule has 7 rings (SSSR count). The smallest absolute Gasteiger partial charge is 0.274 e. The first kappa shape index (κ1) is 29.4. The summed E-state index contributed by atoms with van der Waals surface area (Å²) in [6.07, 6.45) is 5.38. The van der Waals surface area contributed by atoms with Gasteiger partial charge in [-0.1, -0.05) is 72.0 Å². The van der Waals surface area contributed by atoms with Gasteiger partial charge in [-0.2, -0.15) is 0 Å². The Balaban J connectivity index is 1.13. The minimum atomic E-state index is -1.33. The molecule has 2 aromatic carbocycles. The van der Waals surface area contributed by atoms with Crippen molar-refractivity contribution in [3.8, 4) is 11.3 Å². The van der Waals surface area contributed by atoms with Crippen LogP contribution in [0.1, 0.15) is 30.7 Å². The molecule has 1 aliphatic carbocycles. The molecule has 2 amide bonds. The molecule has 4 N–H and O–H groups in total. The van der Waals surface area contributed by atoms with Gasteiger partial charge in [0.2, 0.25) is 5.12 Å². The number of thiazole rings is 1. The molecule has 3 atom stereocenters. The SMILES string of the molecule is NC1(C(=NOC2CCCC2)C(=O)N[C@@H]2C(=O)N3C(C(=O)S)=C(c4nc(-c5cccc6ccccc56)cs4)CS[C@H]23)NC=CS1. The van der Waals surface area contributed by atoms with Gasteiger partial charge in [-0.3, -0.25) is 25.0 Å². The summed E-state index contributed by atoms with van der Waals surface area (Å²) in [5.41, 5.74) is 9.02. The van der Waals surface area contributed by atoms with Crippen LogP contribution in [-0.4, -0.2) is 60.8 Å². The van der Waals surface area contributed by atoms with Crippen molar-refractivity contribution < 1.29 is 19.2 Å². The Morgan fingerprint density at radius 1 is 1.18 bits per heavy atom. The van der Waals surface area contributed by atoms with Gasteiger partial charge in [0.15, 0.2) is 10.7 Å². The Bertz CT molecular complexity index is 1750. The van der Waals surface area contributed by atoms with Gasteiger partial charge in [-0.05, 0) is 41.9 Å². The summed E-state index contributed by atoms with van der Waals surface area (Å²) in [5.74, 6) is -0.608. The van der Waals surface area contributed by atoms with E-state index in [9.17, 15) is 14.4 Å². The number of oxime groups is 1. The maximum Gasteiger partial charge on any atom is 0.274 e. The summed E-state index contributed by atoms with van der Waals surface area (Å²) in [6.45, 7) is 0. The Labute approximate surface area is 271 Å². The summed E-state index contributed by atoms with van der Waals surface area (Å²) < 4.78 is 0. The van der Waals surface area contributed by atoms with Crippen LogP contribution in [-0.2, 0) is 19.2 Å². The van der Waals surface area contributed by atoms with Gasteiger partial charge >= 0.3 is 0 Å². The van der Waals surface area contributed by atoms with Crippen molar-refractivity contribution in [2.75, 3.05) is 5.75 Å². The maximum atomic E-state index is 13.5. The number of nitrogens with zero attached hydrogens (tertiary/aromatic N) is 3. The Hall–Kier alpha value is -3.30. The molecule has 3 aromatic rings. The van der Waals surface area contributed by atoms with E-state index < -0.39 is 33.3 Å². The highest BCUT2D eigenvalue weighted by Crippen LogP contribution is 2.45. The van der Waals surface area contributed by atoms with Gasteiger partial charge in [0.25, 0.3) is 11.8 Å². The van der Waals surface area contributed by atoms with E-state index in [-0.39, 0.29) is 17.5 Å². The third-order valence-electron chi connectivity index (χ3n) is 8.07. The van der Waals surface area contributed by atoms with Crippen LogP contribution in [0.15, 0.2) is 70.3 Å². The first-order valence-electron chi connectivity index (χ1n) is 14.1. The topological polar surface area (TPSA) is 139 Å². The normalized spacial score (nSPS) is 25.2. The third-order valence-corrected chi connectivity index (χ3v) is 11.4. The monoisotopic (exact) mass is 664 g/mol. The van der Waals surface area contributed by atoms with E-state index in [2.05, 4.69) is 46.6 Å². The lowest BCUT2D eigenvalue weighted by Gasteiger charge is -2.49. The second-order valence-corrected chi connectivity index (χ2v) is 14.3. The van der Waals surface area contributed by atoms with Gasteiger partial charge < -0.3 is 15.5 Å². The number of hydrogen-bond donors (Lipinski definition) is 4. The van der Waals surface area contributed by atoms with Crippen LogP contribution in [0.3, 0.4) is 0 Å². The number of nitrogens with two attached hydrogens (primary N) is 1. The highest BCUT2D eigenvalue weighted by molar-refractivity contribution is 8.04. The minimum Gasteiger partial charge on any atom is -0.392 e. The zero-order chi connectivity index (χ0) is 30.4. The molecule has 0 spiro atoms. The maximum absolute atomic E-state index is 13.5. The second kappa shape index (κ2) is 11.9. The van der Waals surface area contributed by atoms with Gasteiger partial charge in [0, 0.05) is 28.5 Å². The Morgan fingerprint density at radius 3 is 2.75 bits per heavy atom. The molecule has 1 saturated carbocycles. The molecule has 3 aliphatic heterocycles. The average Bonchev–Trinajstić information content (AvgIpc) is 3.82. The van der Waals surface area contributed by atoms with E-state index in [4.69, 9.17) is 15.6 Å². The van der Waals surface area contributed by atoms with Crippen LogP contribution in [0, 0.1) is 0 Å². The molecule has 226 valence electrons. The van der Waals surface area contributed by atoms with Crippen LogP contribution in [0.25, 0.3) is 27.6 Å². The number of carbonyl (C=O) groups is 3. The standard InChI is InChI=1S/C30H28N6O4S4/c31-30(32-12-13-44-30)24(35-40-17-8-2-3-9-17)25(37)34-22-27(38)36-23(29(39)41)20(14-43-28(22)36)26-33-21(15-42-26)19-11-5-7-16-6-1-4-10-18(16)19/h1,4-7,10-13,15,17,22,28,32H,2-3,8-9,14,31H2,(H,34,37)(H,39,41)/t22-,28-,30?/m1/s1. The molecule has 1 saturated heterocycles. The summed E-state index contributed by atoms with van der Waals surface area (Å²) in [4.78, 5) is 50.6. The molecule has 0 bridgehead atoms. The van der Waals surface area contributed by atoms with Crippen molar-refractivity contribution >= 4 is 86.5 Å². The van der Waals surface area contributed by atoms with Crippen LogP contribution < -0.4 is 16.4 Å². The Kier molecular flexibility index (Phi) is 7.95. The van der Waals surface area contributed by atoms with Crippen molar-refractivity contribution in [3.05, 3.63) is 70.2 Å². The number of nitrogens with one attached hydrogen (secondary N) is 2. The summed E-state index contributed by atoms with van der Waals surface area (Å²) in [7, 11) is 0. The average molecular weight is 665 g/mol. The summed E-state index contributed by atoms with van der Waals surface area (Å²) in [6, 6.07) is 13.3. The molecule has 44 heavy (non-hydrogen) atoms. The Morgan fingerprint density at radius 2 is 1.98 bits per heavy atom. The van der Waals surface area contributed by atoms with Crippen molar-refractivity contribution in [1.82, 2.24) is 20.5 Å².